The van der Waals surface area contributed by atoms with Gasteiger partial charge in [0.05, 0.1) is 6.20 Å². The first-order chi connectivity index (χ1) is 15.3. The van der Waals surface area contributed by atoms with Crippen LogP contribution in [0.1, 0.15) is 12.3 Å². The Balaban J connectivity index is 1.34. The zero-order valence-electron chi connectivity index (χ0n) is 16.7. The van der Waals surface area contributed by atoms with Gasteiger partial charge in [0.25, 0.3) is 0 Å². The Kier molecular flexibility index (Phi) is 5.02. The zero-order valence-corrected chi connectivity index (χ0v) is 16.7. The fourth-order valence-corrected chi connectivity index (χ4v) is 3.49. The Labute approximate surface area is 179 Å². The topological polar surface area (TPSA) is 72.4 Å². The summed E-state index contributed by atoms with van der Waals surface area (Å²) in [4.78, 5) is 21.8. The molecule has 152 valence electrons. The maximum absolute atomic E-state index is 12.8. The first-order valence-corrected chi connectivity index (χ1v) is 10.1. The molecule has 0 fully saturated rings. The van der Waals surface area contributed by atoms with E-state index in [4.69, 9.17) is 9.40 Å². The summed E-state index contributed by atoms with van der Waals surface area (Å²) in [6, 6.07) is 25.4. The summed E-state index contributed by atoms with van der Waals surface area (Å²) in [7, 11) is 0. The van der Waals surface area contributed by atoms with E-state index in [0.29, 0.717) is 23.9 Å². The molecule has 0 bridgehead atoms. The van der Waals surface area contributed by atoms with Crippen molar-refractivity contribution < 1.29 is 9.21 Å². The Morgan fingerprint density at radius 1 is 0.903 bits per heavy atom. The maximum atomic E-state index is 12.8. The molecule has 2 aromatic carbocycles. The van der Waals surface area contributed by atoms with Crippen molar-refractivity contribution in [2.45, 2.75) is 12.8 Å². The van der Waals surface area contributed by atoms with Crippen LogP contribution in [-0.2, 0) is 11.2 Å². The van der Waals surface area contributed by atoms with Crippen LogP contribution in [0.15, 0.2) is 95.7 Å². The number of benzene rings is 2. The standard InChI is InChI=1S/C25H20N4O2/c30-22(14-15-23-26-17-20(31-23)18-9-3-1-4-10-18)28-25-24(19-11-5-2-6-12-19)27-21-13-7-8-16-29(21)25/h1-13,16-17H,14-15H2,(H,28,30). The third-order valence-electron chi connectivity index (χ3n) is 5.01. The van der Waals surface area contributed by atoms with Crippen molar-refractivity contribution in [3.63, 3.8) is 0 Å². The molecule has 0 atom stereocenters. The Morgan fingerprint density at radius 2 is 1.61 bits per heavy atom. The number of oxazole rings is 1. The highest BCUT2D eigenvalue weighted by atomic mass is 16.4. The van der Waals surface area contributed by atoms with Crippen LogP contribution in [0.3, 0.4) is 0 Å². The largest absolute Gasteiger partial charge is 0.441 e. The molecule has 0 radical (unpaired) electrons. The van der Waals surface area contributed by atoms with Crippen LogP contribution in [0, 0.1) is 0 Å². The molecule has 5 rings (SSSR count). The molecule has 6 heteroatoms. The van der Waals surface area contributed by atoms with Crippen LogP contribution in [-0.4, -0.2) is 20.3 Å². The molecular formula is C25H20N4O2. The molecule has 0 aliphatic carbocycles. The lowest BCUT2D eigenvalue weighted by atomic mass is 10.1. The van der Waals surface area contributed by atoms with Gasteiger partial charge >= 0.3 is 0 Å². The molecule has 0 saturated carbocycles. The van der Waals surface area contributed by atoms with E-state index in [-0.39, 0.29) is 12.3 Å². The number of hydrogen-bond acceptors (Lipinski definition) is 4. The molecular weight excluding hydrogens is 388 g/mol. The Bertz CT molecular complexity index is 1320. The number of carbonyl (C=O) groups is 1. The predicted octanol–water partition coefficient (Wildman–Crippen LogP) is 5.23. The molecule has 0 unspecified atom stereocenters. The van der Waals surface area contributed by atoms with E-state index < -0.39 is 0 Å². The van der Waals surface area contributed by atoms with Crippen LogP contribution in [0.25, 0.3) is 28.2 Å². The van der Waals surface area contributed by atoms with Gasteiger partial charge in [0.15, 0.2) is 11.7 Å². The maximum Gasteiger partial charge on any atom is 0.226 e. The number of nitrogens with one attached hydrogen (secondary N) is 1. The lowest BCUT2D eigenvalue weighted by Gasteiger charge is -2.07. The van der Waals surface area contributed by atoms with Gasteiger partial charge in [0.1, 0.15) is 17.2 Å². The molecule has 31 heavy (non-hydrogen) atoms. The third-order valence-corrected chi connectivity index (χ3v) is 5.01. The van der Waals surface area contributed by atoms with E-state index in [1.54, 1.807) is 6.20 Å². The van der Waals surface area contributed by atoms with Gasteiger partial charge < -0.3 is 9.73 Å². The monoisotopic (exact) mass is 408 g/mol. The van der Waals surface area contributed by atoms with E-state index in [0.717, 1.165) is 22.5 Å². The van der Waals surface area contributed by atoms with Crippen LogP contribution in [0.2, 0.25) is 0 Å². The lowest BCUT2D eigenvalue weighted by Crippen LogP contribution is -2.14. The number of imidazole rings is 1. The third kappa shape index (κ3) is 3.96. The summed E-state index contributed by atoms with van der Waals surface area (Å²) in [6.07, 6.45) is 4.25. The number of carbonyl (C=O) groups excluding carboxylic acids is 1. The van der Waals surface area contributed by atoms with Gasteiger partial charge in [0, 0.05) is 30.2 Å². The molecule has 0 aliphatic heterocycles. The van der Waals surface area contributed by atoms with Crippen LogP contribution in [0.5, 0.6) is 0 Å². The van der Waals surface area contributed by atoms with E-state index in [1.165, 1.54) is 0 Å². The van der Waals surface area contributed by atoms with Gasteiger partial charge in [-0.2, -0.15) is 0 Å². The Hall–Kier alpha value is -4.19. The average Bonchev–Trinajstić information content (AvgIpc) is 3.44. The zero-order chi connectivity index (χ0) is 21.0. The number of nitrogens with zero attached hydrogens (tertiary/aromatic N) is 3. The second kappa shape index (κ2) is 8.28. The minimum absolute atomic E-state index is 0.123. The first-order valence-electron chi connectivity index (χ1n) is 10.1. The summed E-state index contributed by atoms with van der Waals surface area (Å²) in [5.74, 6) is 1.77. The van der Waals surface area contributed by atoms with Crippen molar-refractivity contribution >= 4 is 17.4 Å². The Morgan fingerprint density at radius 3 is 2.39 bits per heavy atom. The van der Waals surface area contributed by atoms with Gasteiger partial charge in [-0.15, -0.1) is 0 Å². The van der Waals surface area contributed by atoms with Crippen molar-refractivity contribution in [3.8, 4) is 22.6 Å². The van der Waals surface area contributed by atoms with Crippen LogP contribution < -0.4 is 5.32 Å². The van der Waals surface area contributed by atoms with E-state index in [1.807, 2.05) is 89.5 Å². The van der Waals surface area contributed by atoms with Gasteiger partial charge in [-0.1, -0.05) is 66.7 Å². The minimum Gasteiger partial charge on any atom is -0.441 e. The minimum atomic E-state index is -0.123. The molecule has 1 amide bonds. The molecule has 0 aliphatic rings. The lowest BCUT2D eigenvalue weighted by molar-refractivity contribution is -0.116. The second-order valence-corrected chi connectivity index (χ2v) is 7.14. The van der Waals surface area contributed by atoms with Gasteiger partial charge in [-0.25, -0.2) is 9.97 Å². The van der Waals surface area contributed by atoms with Crippen molar-refractivity contribution in [3.05, 3.63) is 97.1 Å². The van der Waals surface area contributed by atoms with Gasteiger partial charge in [-0.3, -0.25) is 9.20 Å². The molecule has 0 spiro atoms. The van der Waals surface area contributed by atoms with E-state index in [9.17, 15) is 4.79 Å². The number of aryl methyl sites for hydroxylation is 1. The molecule has 5 aromatic rings. The number of hydrogen-bond donors (Lipinski definition) is 1. The van der Waals surface area contributed by atoms with Crippen molar-refractivity contribution in [1.82, 2.24) is 14.4 Å². The number of fused-ring (bicyclic) bond motifs is 1. The fourth-order valence-electron chi connectivity index (χ4n) is 3.49. The number of rotatable bonds is 6. The first kappa shape index (κ1) is 18.8. The highest BCUT2D eigenvalue weighted by Crippen LogP contribution is 2.29. The summed E-state index contributed by atoms with van der Waals surface area (Å²) in [5, 5.41) is 3.03. The fraction of sp³-hybridized carbons (Fsp3) is 0.0800. The normalized spacial score (nSPS) is 11.0. The number of amides is 1. The summed E-state index contributed by atoms with van der Waals surface area (Å²) < 4.78 is 7.70. The summed E-state index contributed by atoms with van der Waals surface area (Å²) >= 11 is 0. The van der Waals surface area contributed by atoms with Crippen molar-refractivity contribution in [1.29, 1.82) is 0 Å². The SMILES string of the molecule is O=C(CCc1ncc(-c2ccccc2)o1)Nc1c(-c2ccccc2)nc2ccccn12. The number of pyridine rings is 1. The summed E-state index contributed by atoms with van der Waals surface area (Å²) in [6.45, 7) is 0. The number of aromatic nitrogens is 3. The van der Waals surface area contributed by atoms with Crippen LogP contribution >= 0.6 is 0 Å². The van der Waals surface area contributed by atoms with Crippen molar-refractivity contribution in [2.75, 3.05) is 5.32 Å². The predicted molar refractivity (Wildman–Crippen MR) is 120 cm³/mol. The number of anilines is 1. The summed E-state index contributed by atoms with van der Waals surface area (Å²) in [5.41, 5.74) is 3.42. The smallest absolute Gasteiger partial charge is 0.226 e. The second-order valence-electron chi connectivity index (χ2n) is 7.14. The molecule has 1 N–H and O–H groups in total. The van der Waals surface area contributed by atoms with Crippen LogP contribution in [0.4, 0.5) is 5.82 Å². The highest BCUT2D eigenvalue weighted by Gasteiger charge is 2.17. The van der Waals surface area contributed by atoms with E-state index >= 15 is 0 Å². The van der Waals surface area contributed by atoms with Crippen molar-refractivity contribution in [2.24, 2.45) is 0 Å². The molecule has 6 nitrogen and oxygen atoms in total. The average molecular weight is 408 g/mol. The highest BCUT2D eigenvalue weighted by molar-refractivity contribution is 5.94. The molecule has 3 heterocycles. The molecule has 0 saturated heterocycles. The quantitative estimate of drug-likeness (QED) is 0.418. The van der Waals surface area contributed by atoms with E-state index in [2.05, 4.69) is 10.3 Å². The molecule has 3 aromatic heterocycles. The van der Waals surface area contributed by atoms with Gasteiger partial charge in [-0.05, 0) is 12.1 Å². The van der Waals surface area contributed by atoms with Gasteiger partial charge in [0.2, 0.25) is 5.91 Å².